The molecule has 0 atom stereocenters. The number of hydrogen-bond acceptors (Lipinski definition) is 2. The summed E-state index contributed by atoms with van der Waals surface area (Å²) in [5, 5.41) is 5.15. The molecule has 1 aromatic heterocycles. The van der Waals surface area contributed by atoms with E-state index in [1.54, 1.807) is 0 Å². The molecule has 12 rings (SSSR count). The molecule has 66 heavy (non-hydrogen) atoms. The van der Waals surface area contributed by atoms with Crippen LogP contribution in [0.25, 0.3) is 97.7 Å². The molecule has 12 aromatic rings. The maximum atomic E-state index is 2.37. The molecule has 0 bridgehead atoms. The lowest BCUT2D eigenvalue weighted by molar-refractivity contribution is 1.28. The van der Waals surface area contributed by atoms with E-state index in [1.165, 1.54) is 97.7 Å². The Morgan fingerprint density at radius 2 is 0.652 bits per heavy atom. The van der Waals surface area contributed by atoms with Gasteiger partial charge in [-0.25, -0.2) is 0 Å². The summed E-state index contributed by atoms with van der Waals surface area (Å²) in [6, 6.07) is 95.0. The fourth-order valence-corrected chi connectivity index (χ4v) is 10.7. The van der Waals surface area contributed by atoms with Crippen molar-refractivity contribution in [3.05, 3.63) is 261 Å². The van der Waals surface area contributed by atoms with Gasteiger partial charge in [0.2, 0.25) is 0 Å². The molecule has 11 aromatic carbocycles. The number of thiophene rings is 1. The zero-order valence-corrected chi connectivity index (χ0v) is 37.0. The van der Waals surface area contributed by atoms with Gasteiger partial charge in [0.05, 0.1) is 0 Å². The Bertz CT molecular complexity index is 3660. The van der Waals surface area contributed by atoms with Crippen LogP contribution in [0.2, 0.25) is 0 Å². The highest BCUT2D eigenvalue weighted by Crippen LogP contribution is 2.43. The van der Waals surface area contributed by atoms with Gasteiger partial charge in [0, 0.05) is 37.2 Å². The topological polar surface area (TPSA) is 3.24 Å². The summed E-state index contributed by atoms with van der Waals surface area (Å²) in [6.07, 6.45) is 0. The third-order valence-corrected chi connectivity index (χ3v) is 14.1. The standard InChI is InChI=1S/C64H43NS/c1-2-13-48(14-3-1)58-18-6-7-19-59(58)49-32-38-56(39-33-49)65(57-40-34-50(35-41-57)60-21-11-22-62-61-20-8-9-23-63(61)66-64(60)62)55-36-30-46(31-37-55)45-24-26-47(27-25-45)52-16-10-17-53(42-52)54-29-28-44-12-4-5-15-51(44)43-54/h1-43H. The summed E-state index contributed by atoms with van der Waals surface area (Å²) in [5.74, 6) is 0. The molecule has 0 aliphatic heterocycles. The molecule has 2 heteroatoms. The van der Waals surface area contributed by atoms with E-state index in [4.69, 9.17) is 0 Å². The van der Waals surface area contributed by atoms with Crippen LogP contribution in [0.4, 0.5) is 17.1 Å². The molecular weight excluding hydrogens is 815 g/mol. The minimum Gasteiger partial charge on any atom is -0.311 e. The summed E-state index contributed by atoms with van der Waals surface area (Å²) in [5.41, 5.74) is 17.8. The Balaban J connectivity index is 0.869. The van der Waals surface area contributed by atoms with Crippen molar-refractivity contribution < 1.29 is 0 Å². The van der Waals surface area contributed by atoms with Gasteiger partial charge in [-0.1, -0.05) is 206 Å². The van der Waals surface area contributed by atoms with Gasteiger partial charge in [-0.15, -0.1) is 11.3 Å². The second kappa shape index (κ2) is 17.0. The minimum absolute atomic E-state index is 1.10. The molecule has 0 fully saturated rings. The Morgan fingerprint density at radius 1 is 0.242 bits per heavy atom. The number of nitrogens with zero attached hydrogens (tertiary/aromatic N) is 1. The number of benzene rings is 11. The first-order valence-electron chi connectivity index (χ1n) is 22.6. The maximum absolute atomic E-state index is 2.37. The first-order valence-corrected chi connectivity index (χ1v) is 23.4. The minimum atomic E-state index is 1.10. The Hall–Kier alpha value is -8.30. The van der Waals surface area contributed by atoms with E-state index >= 15 is 0 Å². The fourth-order valence-electron chi connectivity index (χ4n) is 9.51. The molecule has 0 saturated heterocycles. The first kappa shape index (κ1) is 39.3. The zero-order valence-electron chi connectivity index (χ0n) is 36.2. The lowest BCUT2D eigenvalue weighted by Gasteiger charge is -2.26. The molecule has 0 N–H and O–H groups in total. The van der Waals surface area contributed by atoms with Crippen LogP contribution in [-0.4, -0.2) is 0 Å². The van der Waals surface area contributed by atoms with E-state index in [1.807, 2.05) is 11.3 Å². The summed E-state index contributed by atoms with van der Waals surface area (Å²) < 4.78 is 2.65. The maximum Gasteiger partial charge on any atom is 0.0462 e. The van der Waals surface area contributed by atoms with Crippen molar-refractivity contribution in [2.45, 2.75) is 0 Å². The number of anilines is 3. The van der Waals surface area contributed by atoms with Gasteiger partial charge in [-0.3, -0.25) is 0 Å². The molecule has 0 aliphatic rings. The van der Waals surface area contributed by atoms with Gasteiger partial charge < -0.3 is 4.90 Å². The third kappa shape index (κ3) is 7.44. The normalized spacial score (nSPS) is 11.3. The van der Waals surface area contributed by atoms with Crippen LogP contribution in [0.3, 0.4) is 0 Å². The molecule has 0 saturated carbocycles. The highest BCUT2D eigenvalue weighted by Gasteiger charge is 2.16. The second-order valence-electron chi connectivity index (χ2n) is 16.9. The van der Waals surface area contributed by atoms with Crippen molar-refractivity contribution in [1.29, 1.82) is 0 Å². The molecule has 0 radical (unpaired) electrons. The second-order valence-corrected chi connectivity index (χ2v) is 17.9. The van der Waals surface area contributed by atoms with Gasteiger partial charge in [0.25, 0.3) is 0 Å². The Labute approximate surface area is 389 Å². The van der Waals surface area contributed by atoms with Crippen molar-refractivity contribution >= 4 is 59.3 Å². The molecule has 310 valence electrons. The zero-order chi connectivity index (χ0) is 43.8. The van der Waals surface area contributed by atoms with Gasteiger partial charge in [-0.2, -0.15) is 0 Å². The number of hydrogen-bond donors (Lipinski definition) is 0. The summed E-state index contributed by atoms with van der Waals surface area (Å²) in [4.78, 5) is 2.37. The highest BCUT2D eigenvalue weighted by molar-refractivity contribution is 7.26. The lowest BCUT2D eigenvalue weighted by atomic mass is 9.94. The summed E-state index contributed by atoms with van der Waals surface area (Å²) in [6.45, 7) is 0. The molecule has 0 aliphatic carbocycles. The van der Waals surface area contributed by atoms with Crippen molar-refractivity contribution in [2.24, 2.45) is 0 Å². The van der Waals surface area contributed by atoms with Crippen LogP contribution >= 0.6 is 11.3 Å². The predicted octanol–water partition coefficient (Wildman–Crippen LogP) is 18.7. The van der Waals surface area contributed by atoms with E-state index in [2.05, 4.69) is 266 Å². The van der Waals surface area contributed by atoms with E-state index < -0.39 is 0 Å². The SMILES string of the molecule is c1ccc(-c2ccccc2-c2ccc(N(c3ccc(-c4ccc(-c5cccc(-c6ccc7ccccc7c6)c5)cc4)cc3)c3ccc(-c4cccc5c4sc4ccccc45)cc3)cc2)cc1. The number of fused-ring (bicyclic) bond motifs is 4. The average Bonchev–Trinajstić information content (AvgIpc) is 3.79. The average molecular weight is 858 g/mol. The van der Waals surface area contributed by atoms with Crippen LogP contribution in [0.1, 0.15) is 0 Å². The highest BCUT2D eigenvalue weighted by atomic mass is 32.1. The molecule has 1 nitrogen and oxygen atoms in total. The number of rotatable bonds is 9. The molecule has 1 heterocycles. The van der Waals surface area contributed by atoms with Crippen LogP contribution in [0.15, 0.2) is 261 Å². The molecular formula is C64H43NS. The first-order chi connectivity index (χ1) is 32.7. The van der Waals surface area contributed by atoms with Gasteiger partial charge in [-0.05, 0) is 132 Å². The van der Waals surface area contributed by atoms with Gasteiger partial charge in [0.1, 0.15) is 0 Å². The van der Waals surface area contributed by atoms with Crippen LogP contribution in [0.5, 0.6) is 0 Å². The Kier molecular flexibility index (Phi) is 10.1. The monoisotopic (exact) mass is 857 g/mol. The smallest absolute Gasteiger partial charge is 0.0462 e. The van der Waals surface area contributed by atoms with Crippen LogP contribution in [-0.2, 0) is 0 Å². The quantitative estimate of drug-likeness (QED) is 0.140. The predicted molar refractivity (Wildman–Crippen MR) is 284 cm³/mol. The van der Waals surface area contributed by atoms with Crippen molar-refractivity contribution in [1.82, 2.24) is 0 Å². The van der Waals surface area contributed by atoms with E-state index in [0.717, 1.165) is 17.1 Å². The lowest BCUT2D eigenvalue weighted by Crippen LogP contribution is -2.09. The van der Waals surface area contributed by atoms with E-state index in [0.29, 0.717) is 0 Å². The van der Waals surface area contributed by atoms with E-state index in [-0.39, 0.29) is 0 Å². The van der Waals surface area contributed by atoms with E-state index in [9.17, 15) is 0 Å². The van der Waals surface area contributed by atoms with Gasteiger partial charge in [0.15, 0.2) is 0 Å². The third-order valence-electron chi connectivity index (χ3n) is 12.9. The molecule has 0 spiro atoms. The van der Waals surface area contributed by atoms with Crippen molar-refractivity contribution in [3.63, 3.8) is 0 Å². The van der Waals surface area contributed by atoms with Crippen LogP contribution in [0, 0.1) is 0 Å². The van der Waals surface area contributed by atoms with Crippen molar-refractivity contribution in [3.8, 4) is 66.8 Å². The Morgan fingerprint density at radius 3 is 1.32 bits per heavy atom. The molecule has 0 amide bonds. The summed E-state index contributed by atoms with van der Waals surface area (Å²) >= 11 is 1.87. The van der Waals surface area contributed by atoms with Crippen molar-refractivity contribution in [2.75, 3.05) is 4.90 Å². The molecule has 0 unspecified atom stereocenters. The summed E-state index contributed by atoms with van der Waals surface area (Å²) in [7, 11) is 0. The largest absolute Gasteiger partial charge is 0.311 e. The fraction of sp³-hybridized carbons (Fsp3) is 0. The van der Waals surface area contributed by atoms with Crippen LogP contribution < -0.4 is 4.90 Å². The van der Waals surface area contributed by atoms with Gasteiger partial charge >= 0.3 is 0 Å².